The van der Waals surface area contributed by atoms with Crippen molar-refractivity contribution < 1.29 is 0 Å². The molecule has 0 unspecified atom stereocenters. The molecular weight excluding hydrogens is 208 g/mol. The first-order valence-electron chi connectivity index (χ1n) is 6.62. The van der Waals surface area contributed by atoms with E-state index in [9.17, 15) is 0 Å². The van der Waals surface area contributed by atoms with Gasteiger partial charge in [-0.05, 0) is 37.5 Å². The van der Waals surface area contributed by atoms with Gasteiger partial charge in [0.05, 0.1) is 11.4 Å². The second-order valence-corrected chi connectivity index (χ2v) is 5.61. The summed E-state index contributed by atoms with van der Waals surface area (Å²) in [5.41, 5.74) is 4.21. The van der Waals surface area contributed by atoms with Crippen LogP contribution in [0.4, 0.5) is 11.4 Å². The van der Waals surface area contributed by atoms with E-state index in [0.29, 0.717) is 12.0 Å². The van der Waals surface area contributed by atoms with Crippen molar-refractivity contribution in [2.45, 2.75) is 39.7 Å². The first kappa shape index (κ1) is 12.3. The lowest BCUT2D eigenvalue weighted by atomic mass is 10.00. The molecule has 0 atom stereocenters. The van der Waals surface area contributed by atoms with Crippen molar-refractivity contribution in [3.05, 3.63) is 23.8 Å². The molecule has 1 aliphatic heterocycles. The van der Waals surface area contributed by atoms with Crippen LogP contribution in [0, 0.1) is 0 Å². The summed E-state index contributed by atoms with van der Waals surface area (Å²) in [6, 6.07) is 7.49. The molecule has 2 nitrogen and oxygen atoms in total. The zero-order chi connectivity index (χ0) is 12.6. The fourth-order valence-electron chi connectivity index (χ4n) is 2.49. The minimum absolute atomic E-state index is 0.574. The molecule has 1 heterocycles. The van der Waals surface area contributed by atoms with Gasteiger partial charge in [0.1, 0.15) is 0 Å². The topological polar surface area (TPSA) is 6.48 Å². The van der Waals surface area contributed by atoms with Gasteiger partial charge >= 0.3 is 0 Å². The first-order valence-corrected chi connectivity index (χ1v) is 6.62. The fourth-order valence-corrected chi connectivity index (χ4v) is 2.49. The molecule has 2 heteroatoms. The molecule has 1 aliphatic rings. The van der Waals surface area contributed by atoms with Gasteiger partial charge in [0, 0.05) is 26.2 Å². The van der Waals surface area contributed by atoms with Crippen LogP contribution in [0.25, 0.3) is 0 Å². The molecule has 0 fully saturated rings. The third kappa shape index (κ3) is 2.26. The van der Waals surface area contributed by atoms with Crippen molar-refractivity contribution in [1.29, 1.82) is 0 Å². The Balaban J connectivity index is 2.46. The van der Waals surface area contributed by atoms with Crippen molar-refractivity contribution in [3.63, 3.8) is 0 Å². The van der Waals surface area contributed by atoms with Crippen molar-refractivity contribution in [2.24, 2.45) is 0 Å². The summed E-state index contributed by atoms with van der Waals surface area (Å²) in [7, 11) is 2.19. The Morgan fingerprint density at radius 2 is 1.71 bits per heavy atom. The molecule has 0 spiro atoms. The molecule has 1 aromatic carbocycles. The maximum Gasteiger partial charge on any atom is 0.0609 e. The van der Waals surface area contributed by atoms with Crippen LogP contribution in [0.1, 0.15) is 39.2 Å². The smallest absolute Gasteiger partial charge is 0.0609 e. The maximum absolute atomic E-state index is 2.52. The molecular formula is C15H24N2. The van der Waals surface area contributed by atoms with E-state index in [-0.39, 0.29) is 0 Å². The van der Waals surface area contributed by atoms with Crippen LogP contribution in [0.5, 0.6) is 0 Å². The van der Waals surface area contributed by atoms with Crippen molar-refractivity contribution in [3.8, 4) is 0 Å². The van der Waals surface area contributed by atoms with Crippen LogP contribution >= 0.6 is 0 Å². The molecule has 0 radical (unpaired) electrons. The molecule has 2 rings (SSSR count). The van der Waals surface area contributed by atoms with Gasteiger partial charge in [-0.2, -0.15) is 0 Å². The minimum atomic E-state index is 0.574. The van der Waals surface area contributed by atoms with Gasteiger partial charge in [0.15, 0.2) is 0 Å². The van der Waals surface area contributed by atoms with E-state index in [2.05, 4.69) is 62.7 Å². The Kier molecular flexibility index (Phi) is 3.32. The summed E-state index contributed by atoms with van der Waals surface area (Å²) in [6.07, 6.45) is 0. The monoisotopic (exact) mass is 232 g/mol. The Hall–Kier alpha value is -1.18. The maximum atomic E-state index is 2.52. The van der Waals surface area contributed by atoms with Crippen molar-refractivity contribution >= 4 is 11.4 Å². The molecule has 0 saturated carbocycles. The minimum Gasteiger partial charge on any atom is -0.371 e. The number of likely N-dealkylation sites (N-methyl/N-ethyl adjacent to an activating group) is 1. The Morgan fingerprint density at radius 3 is 2.29 bits per heavy atom. The number of nitrogens with zero attached hydrogens (tertiary/aromatic N) is 2. The van der Waals surface area contributed by atoms with Crippen LogP contribution in [0.2, 0.25) is 0 Å². The lowest BCUT2D eigenvalue weighted by Crippen LogP contribution is -2.42. The van der Waals surface area contributed by atoms with Crippen LogP contribution in [-0.2, 0) is 0 Å². The normalized spacial score (nSPS) is 15.7. The molecule has 94 valence electrons. The van der Waals surface area contributed by atoms with E-state index >= 15 is 0 Å². The number of fused-ring (bicyclic) bond motifs is 1. The molecule has 1 aromatic rings. The molecule has 0 aromatic heterocycles. The number of rotatable bonds is 2. The van der Waals surface area contributed by atoms with Crippen LogP contribution in [0.3, 0.4) is 0 Å². The van der Waals surface area contributed by atoms with E-state index in [1.807, 2.05) is 0 Å². The van der Waals surface area contributed by atoms with E-state index in [1.54, 1.807) is 0 Å². The van der Waals surface area contributed by atoms with E-state index in [4.69, 9.17) is 0 Å². The summed E-state index contributed by atoms with van der Waals surface area (Å²) < 4.78 is 0. The van der Waals surface area contributed by atoms with Crippen molar-refractivity contribution in [1.82, 2.24) is 0 Å². The largest absolute Gasteiger partial charge is 0.371 e. The fraction of sp³-hybridized carbons (Fsp3) is 0.600. The molecule has 0 amide bonds. The molecule has 0 bridgehead atoms. The highest BCUT2D eigenvalue weighted by molar-refractivity contribution is 5.74. The van der Waals surface area contributed by atoms with Gasteiger partial charge in [0.25, 0.3) is 0 Å². The Morgan fingerprint density at radius 1 is 1.00 bits per heavy atom. The molecule has 0 N–H and O–H groups in total. The van der Waals surface area contributed by atoms with Gasteiger partial charge in [-0.25, -0.2) is 0 Å². The highest BCUT2D eigenvalue weighted by atomic mass is 15.3. The average molecular weight is 232 g/mol. The highest BCUT2D eigenvalue weighted by Gasteiger charge is 2.22. The molecule has 0 saturated heterocycles. The third-order valence-corrected chi connectivity index (χ3v) is 3.69. The zero-order valence-electron chi connectivity index (χ0n) is 11.7. The summed E-state index contributed by atoms with van der Waals surface area (Å²) in [5.74, 6) is 0.599. The lowest BCUT2D eigenvalue weighted by Gasteiger charge is -2.40. The number of hydrogen-bond donors (Lipinski definition) is 0. The summed E-state index contributed by atoms with van der Waals surface area (Å²) in [6.45, 7) is 11.3. The predicted molar refractivity (Wildman–Crippen MR) is 76.3 cm³/mol. The SMILES string of the molecule is CC(C)c1ccc2c(c1)N(C(C)C)CCN2C. The molecule has 0 aliphatic carbocycles. The van der Waals surface area contributed by atoms with Crippen molar-refractivity contribution in [2.75, 3.05) is 29.9 Å². The average Bonchev–Trinajstić information content (AvgIpc) is 2.28. The van der Waals surface area contributed by atoms with E-state index in [0.717, 1.165) is 13.1 Å². The Labute approximate surface area is 105 Å². The Bertz CT molecular complexity index is 396. The second-order valence-electron chi connectivity index (χ2n) is 5.61. The standard InChI is InChI=1S/C15H24N2/c1-11(2)13-6-7-14-15(10-13)17(12(3)4)9-8-16(14)5/h6-7,10-12H,8-9H2,1-5H3. The van der Waals surface area contributed by atoms with Gasteiger partial charge < -0.3 is 9.80 Å². The summed E-state index contributed by atoms with van der Waals surface area (Å²) >= 11 is 0. The van der Waals surface area contributed by atoms with E-state index in [1.165, 1.54) is 16.9 Å². The highest BCUT2D eigenvalue weighted by Crippen LogP contribution is 2.35. The van der Waals surface area contributed by atoms with Crippen LogP contribution < -0.4 is 9.80 Å². The quantitative estimate of drug-likeness (QED) is 0.770. The number of benzene rings is 1. The van der Waals surface area contributed by atoms with Gasteiger partial charge in [-0.1, -0.05) is 19.9 Å². The zero-order valence-corrected chi connectivity index (χ0v) is 11.7. The molecule has 17 heavy (non-hydrogen) atoms. The number of anilines is 2. The van der Waals surface area contributed by atoms with Gasteiger partial charge in [-0.3, -0.25) is 0 Å². The third-order valence-electron chi connectivity index (χ3n) is 3.69. The second kappa shape index (κ2) is 4.59. The predicted octanol–water partition coefficient (Wildman–Crippen LogP) is 3.47. The number of hydrogen-bond acceptors (Lipinski definition) is 2. The summed E-state index contributed by atoms with van der Waals surface area (Å²) in [4.78, 5) is 4.87. The first-order chi connectivity index (χ1) is 8.00. The van der Waals surface area contributed by atoms with Gasteiger partial charge in [0.2, 0.25) is 0 Å². The summed E-state index contributed by atoms with van der Waals surface area (Å²) in [5, 5.41) is 0. The van der Waals surface area contributed by atoms with E-state index < -0.39 is 0 Å². The lowest BCUT2D eigenvalue weighted by molar-refractivity contribution is 0.654. The van der Waals surface area contributed by atoms with Crippen LogP contribution in [-0.4, -0.2) is 26.2 Å². The van der Waals surface area contributed by atoms with Gasteiger partial charge in [-0.15, -0.1) is 0 Å². The van der Waals surface area contributed by atoms with Crippen LogP contribution in [0.15, 0.2) is 18.2 Å².